The smallest absolute Gasteiger partial charge is 0.251 e. The highest BCUT2D eigenvalue weighted by Gasteiger charge is 2.17. The third-order valence-electron chi connectivity index (χ3n) is 2.82. The Kier molecular flexibility index (Phi) is 2.39. The van der Waals surface area contributed by atoms with E-state index in [4.69, 9.17) is 14.7 Å². The number of aromatic nitrogens is 1. The number of fused-ring (bicyclic) bond motifs is 1. The molecule has 6 nitrogen and oxygen atoms in total. The van der Waals surface area contributed by atoms with Crippen molar-refractivity contribution in [2.75, 3.05) is 6.79 Å². The van der Waals surface area contributed by atoms with Gasteiger partial charge in [-0.05, 0) is 17.7 Å². The van der Waals surface area contributed by atoms with E-state index in [1.54, 1.807) is 18.2 Å². The molecule has 2 aromatic rings. The second-order valence-corrected chi connectivity index (χ2v) is 3.95. The van der Waals surface area contributed by atoms with Crippen LogP contribution in [0, 0.1) is 11.3 Å². The number of H-pyrrole nitrogens is 1. The van der Waals surface area contributed by atoms with Crippen LogP contribution >= 0.6 is 0 Å². The first-order valence-corrected chi connectivity index (χ1v) is 5.45. The van der Waals surface area contributed by atoms with Gasteiger partial charge in [-0.1, -0.05) is 6.07 Å². The van der Waals surface area contributed by atoms with Gasteiger partial charge in [-0.3, -0.25) is 9.78 Å². The molecule has 1 aliphatic rings. The molecule has 0 saturated carbocycles. The van der Waals surface area contributed by atoms with E-state index in [0.717, 1.165) is 0 Å². The van der Waals surface area contributed by atoms with Crippen LogP contribution in [0.2, 0.25) is 0 Å². The van der Waals surface area contributed by atoms with Crippen LogP contribution in [0.4, 0.5) is 0 Å². The number of nitrogens with zero attached hydrogens (tertiary/aromatic N) is 1. The summed E-state index contributed by atoms with van der Waals surface area (Å²) in [5.74, 6) is 0.708. The van der Waals surface area contributed by atoms with Crippen molar-refractivity contribution in [3.63, 3.8) is 0 Å². The maximum absolute atomic E-state index is 11.4. The summed E-state index contributed by atoms with van der Waals surface area (Å²) < 4.78 is 10.4. The summed E-state index contributed by atoms with van der Waals surface area (Å²) in [6.07, 6.45) is 0. The summed E-state index contributed by atoms with van der Waals surface area (Å²) in [4.78, 5) is 13.6. The number of nitrogens with one attached hydrogen (secondary N) is 1. The van der Waals surface area contributed by atoms with Gasteiger partial charge in [0.25, 0.3) is 5.56 Å². The van der Waals surface area contributed by atoms with Gasteiger partial charge in [-0.25, -0.2) is 0 Å². The van der Waals surface area contributed by atoms with Gasteiger partial charge in [0.1, 0.15) is 11.6 Å². The maximum atomic E-state index is 11.4. The number of pyridine rings is 1. The third kappa shape index (κ3) is 1.77. The average Bonchev–Trinajstić information content (AvgIpc) is 2.85. The Morgan fingerprint density at radius 2 is 2.05 bits per heavy atom. The summed E-state index contributed by atoms with van der Waals surface area (Å²) >= 11 is 0. The molecule has 0 bridgehead atoms. The first kappa shape index (κ1) is 11.2. The van der Waals surface area contributed by atoms with Crippen LogP contribution in [0.1, 0.15) is 5.56 Å². The van der Waals surface area contributed by atoms with E-state index in [0.29, 0.717) is 22.6 Å². The molecule has 0 spiro atoms. The molecular formula is C13H8N2O4. The third-order valence-corrected chi connectivity index (χ3v) is 2.82. The number of benzene rings is 1. The van der Waals surface area contributed by atoms with Crippen LogP contribution < -0.4 is 15.0 Å². The highest BCUT2D eigenvalue weighted by molar-refractivity contribution is 5.74. The molecular weight excluding hydrogens is 248 g/mol. The summed E-state index contributed by atoms with van der Waals surface area (Å²) in [6, 6.07) is 8.18. The van der Waals surface area contributed by atoms with E-state index in [9.17, 15) is 9.90 Å². The minimum Gasteiger partial charge on any atom is -0.494 e. The molecule has 94 valence electrons. The molecule has 0 unspecified atom stereocenters. The first-order valence-electron chi connectivity index (χ1n) is 5.45. The lowest BCUT2D eigenvalue weighted by Gasteiger charge is -2.06. The Balaban J connectivity index is 2.23. The van der Waals surface area contributed by atoms with Gasteiger partial charge in [0.05, 0.1) is 0 Å². The van der Waals surface area contributed by atoms with Crippen LogP contribution in [0.3, 0.4) is 0 Å². The molecule has 6 heteroatoms. The molecule has 0 saturated heterocycles. The summed E-state index contributed by atoms with van der Waals surface area (Å²) in [6.45, 7) is 0.143. The van der Waals surface area contributed by atoms with Gasteiger partial charge in [0.2, 0.25) is 12.7 Å². The number of aromatic hydroxyl groups is 1. The molecule has 1 aromatic heterocycles. The highest BCUT2D eigenvalue weighted by Crippen LogP contribution is 2.37. The normalized spacial score (nSPS) is 12.2. The standard InChI is InChI=1S/C13H8N2O4/c14-5-9-8(4-12(16)15-13(9)17)7-1-2-10-11(3-7)19-6-18-10/h1-4H,6H2,(H2,15,16,17). The summed E-state index contributed by atoms with van der Waals surface area (Å²) in [5, 5.41) is 18.6. The Morgan fingerprint density at radius 3 is 2.84 bits per heavy atom. The molecule has 0 atom stereocenters. The Hall–Kier alpha value is -2.94. The Bertz CT molecular complexity index is 758. The van der Waals surface area contributed by atoms with E-state index in [-0.39, 0.29) is 12.4 Å². The average molecular weight is 256 g/mol. The molecule has 0 aliphatic carbocycles. The fourth-order valence-corrected chi connectivity index (χ4v) is 1.95. The van der Waals surface area contributed by atoms with Crippen molar-refractivity contribution < 1.29 is 14.6 Å². The van der Waals surface area contributed by atoms with Gasteiger partial charge in [-0.2, -0.15) is 5.26 Å². The lowest BCUT2D eigenvalue weighted by molar-refractivity contribution is 0.174. The largest absolute Gasteiger partial charge is 0.494 e. The molecule has 1 aliphatic heterocycles. The van der Waals surface area contributed by atoms with Gasteiger partial charge in [-0.15, -0.1) is 0 Å². The zero-order valence-electron chi connectivity index (χ0n) is 9.64. The quantitative estimate of drug-likeness (QED) is 0.802. The fraction of sp³-hybridized carbons (Fsp3) is 0.0769. The van der Waals surface area contributed by atoms with Gasteiger partial charge in [0, 0.05) is 11.6 Å². The number of nitriles is 1. The number of rotatable bonds is 1. The Morgan fingerprint density at radius 1 is 1.26 bits per heavy atom. The predicted octanol–water partition coefficient (Wildman–Crippen LogP) is 1.35. The van der Waals surface area contributed by atoms with Gasteiger partial charge in [0.15, 0.2) is 11.5 Å². The molecule has 2 N–H and O–H groups in total. The molecule has 19 heavy (non-hydrogen) atoms. The van der Waals surface area contributed by atoms with Crippen LogP contribution in [0.5, 0.6) is 17.4 Å². The zero-order valence-corrected chi connectivity index (χ0v) is 9.64. The summed E-state index contributed by atoms with van der Waals surface area (Å²) in [7, 11) is 0. The van der Waals surface area contributed by atoms with Gasteiger partial charge >= 0.3 is 0 Å². The van der Waals surface area contributed by atoms with Crippen molar-refractivity contribution in [1.82, 2.24) is 4.98 Å². The predicted molar refractivity (Wildman–Crippen MR) is 65.0 cm³/mol. The molecule has 3 rings (SSSR count). The van der Waals surface area contributed by atoms with Crippen molar-refractivity contribution in [2.24, 2.45) is 0 Å². The van der Waals surface area contributed by atoms with Crippen molar-refractivity contribution >= 4 is 0 Å². The minimum atomic E-state index is -0.482. The van der Waals surface area contributed by atoms with Crippen LogP contribution in [0.15, 0.2) is 29.1 Å². The van der Waals surface area contributed by atoms with Crippen LogP contribution in [-0.2, 0) is 0 Å². The van der Waals surface area contributed by atoms with Crippen LogP contribution in [0.25, 0.3) is 11.1 Å². The van der Waals surface area contributed by atoms with E-state index < -0.39 is 11.4 Å². The van der Waals surface area contributed by atoms with Gasteiger partial charge < -0.3 is 14.6 Å². The molecule has 0 radical (unpaired) electrons. The number of ether oxygens (including phenoxy) is 2. The Labute approximate surface area is 107 Å². The molecule has 0 fully saturated rings. The molecule has 1 aromatic carbocycles. The number of aromatic amines is 1. The molecule has 0 amide bonds. The molecule has 2 heterocycles. The van der Waals surface area contributed by atoms with E-state index >= 15 is 0 Å². The fourth-order valence-electron chi connectivity index (χ4n) is 1.95. The summed E-state index contributed by atoms with van der Waals surface area (Å²) in [5.41, 5.74) is 0.479. The number of hydrogen-bond donors (Lipinski definition) is 2. The van der Waals surface area contributed by atoms with Crippen molar-refractivity contribution in [1.29, 1.82) is 5.26 Å². The SMILES string of the molecule is N#Cc1c(-c2ccc3c(c2)OCO3)cc(=O)[nH]c1O. The van der Waals surface area contributed by atoms with E-state index in [1.165, 1.54) is 6.07 Å². The first-order chi connectivity index (χ1) is 9.19. The minimum absolute atomic E-state index is 0.0125. The van der Waals surface area contributed by atoms with Crippen molar-refractivity contribution in [3.05, 3.63) is 40.2 Å². The second kappa shape index (κ2) is 4.07. The lowest BCUT2D eigenvalue weighted by atomic mass is 10.0. The topological polar surface area (TPSA) is 95.3 Å². The zero-order chi connectivity index (χ0) is 13.4. The van der Waals surface area contributed by atoms with Crippen LogP contribution in [-0.4, -0.2) is 16.9 Å². The number of hydrogen-bond acceptors (Lipinski definition) is 5. The monoisotopic (exact) mass is 256 g/mol. The van der Waals surface area contributed by atoms with E-state index in [2.05, 4.69) is 4.98 Å². The second-order valence-electron chi connectivity index (χ2n) is 3.95. The maximum Gasteiger partial charge on any atom is 0.251 e. The van der Waals surface area contributed by atoms with E-state index in [1.807, 2.05) is 6.07 Å². The van der Waals surface area contributed by atoms with Crippen molar-refractivity contribution in [3.8, 4) is 34.6 Å². The lowest BCUT2D eigenvalue weighted by Crippen LogP contribution is -2.06. The highest BCUT2D eigenvalue weighted by atomic mass is 16.7. The van der Waals surface area contributed by atoms with Crippen molar-refractivity contribution in [2.45, 2.75) is 0 Å².